The van der Waals surface area contributed by atoms with Crippen LogP contribution in [0.15, 0.2) is 52.0 Å². The number of furan rings is 1. The van der Waals surface area contributed by atoms with Crippen LogP contribution in [0.2, 0.25) is 0 Å². The molecule has 1 aromatic carbocycles. The normalized spacial score (nSPS) is 11.3. The molecule has 2 amide bonds. The van der Waals surface area contributed by atoms with Gasteiger partial charge in [0.25, 0.3) is 5.91 Å². The number of sulfonamides is 1. The van der Waals surface area contributed by atoms with E-state index in [4.69, 9.17) is 4.42 Å². The highest BCUT2D eigenvalue weighted by molar-refractivity contribution is 7.89. The molecule has 8 nitrogen and oxygen atoms in total. The fraction of sp³-hybridized carbons (Fsp3) is 0.294. The number of carbonyl (C=O) groups is 2. The highest BCUT2D eigenvalue weighted by atomic mass is 32.2. The summed E-state index contributed by atoms with van der Waals surface area (Å²) in [6, 6.07) is 8.73. The molecule has 0 atom stereocenters. The van der Waals surface area contributed by atoms with E-state index in [0.717, 1.165) is 0 Å². The summed E-state index contributed by atoms with van der Waals surface area (Å²) in [5.74, 6) is -0.268. The van der Waals surface area contributed by atoms with Gasteiger partial charge in [0.05, 0.1) is 24.2 Å². The summed E-state index contributed by atoms with van der Waals surface area (Å²) in [7, 11) is -3.72. The van der Waals surface area contributed by atoms with Gasteiger partial charge in [-0.15, -0.1) is 0 Å². The summed E-state index contributed by atoms with van der Waals surface area (Å²) < 4.78 is 31.9. The highest BCUT2D eigenvalue weighted by Crippen LogP contribution is 2.11. The van der Waals surface area contributed by atoms with Crippen molar-refractivity contribution in [3.63, 3.8) is 0 Å². The first-order valence-corrected chi connectivity index (χ1v) is 9.46. The maximum absolute atomic E-state index is 12.2. The molecule has 140 valence electrons. The Morgan fingerprint density at radius 3 is 2.38 bits per heavy atom. The Hall–Kier alpha value is -2.65. The molecule has 0 saturated heterocycles. The van der Waals surface area contributed by atoms with Crippen molar-refractivity contribution in [2.45, 2.75) is 31.3 Å². The third kappa shape index (κ3) is 5.71. The van der Waals surface area contributed by atoms with Crippen LogP contribution in [0.5, 0.6) is 0 Å². The van der Waals surface area contributed by atoms with Crippen LogP contribution >= 0.6 is 0 Å². The summed E-state index contributed by atoms with van der Waals surface area (Å²) in [6.07, 6.45) is 1.46. The van der Waals surface area contributed by atoms with Gasteiger partial charge in [-0.3, -0.25) is 9.59 Å². The van der Waals surface area contributed by atoms with E-state index in [9.17, 15) is 18.0 Å². The van der Waals surface area contributed by atoms with E-state index in [2.05, 4.69) is 15.4 Å². The average Bonchev–Trinajstić information content (AvgIpc) is 3.11. The molecule has 26 heavy (non-hydrogen) atoms. The van der Waals surface area contributed by atoms with Crippen molar-refractivity contribution in [1.82, 2.24) is 15.4 Å². The first-order valence-electron chi connectivity index (χ1n) is 7.97. The predicted molar refractivity (Wildman–Crippen MR) is 94.8 cm³/mol. The molecule has 0 spiro atoms. The maximum Gasteiger partial charge on any atom is 0.251 e. The van der Waals surface area contributed by atoms with Gasteiger partial charge >= 0.3 is 0 Å². The van der Waals surface area contributed by atoms with Gasteiger partial charge in [0, 0.05) is 11.6 Å². The van der Waals surface area contributed by atoms with Gasteiger partial charge in [0.2, 0.25) is 15.9 Å². The lowest BCUT2D eigenvalue weighted by atomic mass is 10.2. The van der Waals surface area contributed by atoms with E-state index in [1.54, 1.807) is 12.1 Å². The molecule has 0 bridgehead atoms. The van der Waals surface area contributed by atoms with E-state index in [0.29, 0.717) is 5.76 Å². The third-order valence-corrected chi connectivity index (χ3v) is 4.72. The second kappa shape index (κ2) is 8.63. The van der Waals surface area contributed by atoms with Crippen LogP contribution in [0.3, 0.4) is 0 Å². The Morgan fingerprint density at radius 2 is 1.81 bits per heavy atom. The molecular formula is C17H21N3O5S. The van der Waals surface area contributed by atoms with Crippen molar-refractivity contribution in [1.29, 1.82) is 0 Å². The topological polar surface area (TPSA) is 118 Å². The number of hydrogen-bond acceptors (Lipinski definition) is 5. The van der Waals surface area contributed by atoms with Crippen LogP contribution in [0, 0.1) is 0 Å². The van der Waals surface area contributed by atoms with Gasteiger partial charge in [-0.2, -0.15) is 0 Å². The minimum absolute atomic E-state index is 0.0161. The number of nitrogens with one attached hydrogen (secondary N) is 3. The van der Waals surface area contributed by atoms with E-state index >= 15 is 0 Å². The predicted octanol–water partition coefficient (Wildman–Crippen LogP) is 1.01. The van der Waals surface area contributed by atoms with Gasteiger partial charge in [-0.25, -0.2) is 13.1 Å². The first kappa shape index (κ1) is 19.7. The van der Waals surface area contributed by atoms with Crippen LogP contribution in [0.1, 0.15) is 30.0 Å². The number of rotatable bonds is 8. The zero-order valence-electron chi connectivity index (χ0n) is 14.5. The summed E-state index contributed by atoms with van der Waals surface area (Å²) in [6.45, 7) is 3.52. The molecule has 0 unspecified atom stereocenters. The quantitative estimate of drug-likeness (QED) is 0.633. The van der Waals surface area contributed by atoms with Crippen molar-refractivity contribution in [2.75, 3.05) is 6.54 Å². The SMILES string of the molecule is CC(C)NC(=O)CNC(=O)c1ccc(S(=O)(=O)NCc2ccco2)cc1. The molecule has 9 heteroatoms. The van der Waals surface area contributed by atoms with Gasteiger partial charge in [0.15, 0.2) is 0 Å². The summed E-state index contributed by atoms with van der Waals surface area (Å²) >= 11 is 0. The van der Waals surface area contributed by atoms with Crippen LogP contribution in [-0.2, 0) is 21.4 Å². The lowest BCUT2D eigenvalue weighted by Crippen LogP contribution is -2.39. The fourth-order valence-electron chi connectivity index (χ4n) is 2.08. The third-order valence-electron chi connectivity index (χ3n) is 3.30. The molecule has 0 aliphatic carbocycles. The minimum atomic E-state index is -3.72. The van der Waals surface area contributed by atoms with E-state index in [1.165, 1.54) is 30.5 Å². The lowest BCUT2D eigenvalue weighted by molar-refractivity contribution is -0.120. The second-order valence-electron chi connectivity index (χ2n) is 5.83. The Balaban J connectivity index is 1.94. The van der Waals surface area contributed by atoms with Gasteiger partial charge < -0.3 is 15.1 Å². The lowest BCUT2D eigenvalue weighted by Gasteiger charge is -2.10. The molecule has 0 radical (unpaired) electrons. The fourth-order valence-corrected chi connectivity index (χ4v) is 3.08. The maximum atomic E-state index is 12.2. The van der Waals surface area contributed by atoms with Crippen LogP contribution < -0.4 is 15.4 Å². The van der Waals surface area contributed by atoms with Crippen LogP contribution in [0.4, 0.5) is 0 Å². The standard InChI is InChI=1S/C17H21N3O5S/c1-12(2)20-16(21)11-18-17(22)13-5-7-15(8-6-13)26(23,24)19-10-14-4-3-9-25-14/h3-9,12,19H,10-11H2,1-2H3,(H,18,22)(H,20,21). The van der Waals surface area contributed by atoms with Crippen molar-refractivity contribution in [3.05, 3.63) is 54.0 Å². The number of hydrogen-bond donors (Lipinski definition) is 3. The minimum Gasteiger partial charge on any atom is -0.468 e. The molecule has 2 rings (SSSR count). The largest absolute Gasteiger partial charge is 0.468 e. The molecule has 2 aromatic rings. The molecule has 0 aliphatic heterocycles. The molecular weight excluding hydrogens is 358 g/mol. The van der Waals surface area contributed by atoms with Crippen LogP contribution in [-0.4, -0.2) is 32.8 Å². The van der Waals surface area contributed by atoms with Gasteiger partial charge in [0.1, 0.15) is 5.76 Å². The summed E-state index contributed by atoms with van der Waals surface area (Å²) in [4.78, 5) is 23.6. The molecule has 0 fully saturated rings. The number of carbonyl (C=O) groups excluding carboxylic acids is 2. The van der Waals surface area contributed by atoms with Crippen molar-refractivity contribution >= 4 is 21.8 Å². The molecule has 1 heterocycles. The van der Waals surface area contributed by atoms with Crippen molar-refractivity contribution in [3.8, 4) is 0 Å². The number of benzene rings is 1. The van der Waals surface area contributed by atoms with Crippen molar-refractivity contribution in [2.24, 2.45) is 0 Å². The molecule has 1 aromatic heterocycles. The average molecular weight is 379 g/mol. The Bertz CT molecular complexity index is 843. The molecule has 3 N–H and O–H groups in total. The smallest absolute Gasteiger partial charge is 0.251 e. The Kier molecular flexibility index (Phi) is 6.53. The Morgan fingerprint density at radius 1 is 1.12 bits per heavy atom. The van der Waals surface area contributed by atoms with E-state index in [-0.39, 0.29) is 35.5 Å². The monoisotopic (exact) mass is 379 g/mol. The zero-order chi connectivity index (χ0) is 19.2. The first-order chi connectivity index (χ1) is 12.3. The summed E-state index contributed by atoms with van der Waals surface area (Å²) in [5.41, 5.74) is 0.257. The molecule has 0 aliphatic rings. The van der Waals surface area contributed by atoms with E-state index < -0.39 is 15.9 Å². The summed E-state index contributed by atoms with van der Waals surface area (Å²) in [5, 5.41) is 5.13. The van der Waals surface area contributed by atoms with E-state index in [1.807, 2.05) is 13.8 Å². The Labute approximate surface area is 152 Å². The second-order valence-corrected chi connectivity index (χ2v) is 7.60. The van der Waals surface area contributed by atoms with Gasteiger partial charge in [-0.1, -0.05) is 0 Å². The van der Waals surface area contributed by atoms with Crippen LogP contribution in [0.25, 0.3) is 0 Å². The molecule has 0 saturated carbocycles. The van der Waals surface area contributed by atoms with Crippen molar-refractivity contribution < 1.29 is 22.4 Å². The highest BCUT2D eigenvalue weighted by Gasteiger charge is 2.15. The number of amides is 2. The van der Waals surface area contributed by atoms with Gasteiger partial charge in [-0.05, 0) is 50.2 Å². The zero-order valence-corrected chi connectivity index (χ0v) is 15.3.